The molecular weight excluding hydrogens is 390 g/mol. The summed E-state index contributed by atoms with van der Waals surface area (Å²) in [5, 5.41) is 0. The average molecular weight is 422 g/mol. The second kappa shape index (κ2) is 7.65. The molecule has 6 heteroatoms. The molecule has 1 amide bonds. The van der Waals surface area contributed by atoms with Crippen molar-refractivity contribution in [1.82, 2.24) is 4.90 Å². The van der Waals surface area contributed by atoms with Crippen LogP contribution < -0.4 is 5.73 Å². The molecule has 0 unspecified atom stereocenters. The van der Waals surface area contributed by atoms with Crippen molar-refractivity contribution in [2.75, 3.05) is 27.4 Å². The predicted molar refractivity (Wildman–Crippen MR) is 118 cm³/mol. The first-order valence-electron chi connectivity index (χ1n) is 11.4. The molecule has 6 nitrogen and oxygen atoms in total. The summed E-state index contributed by atoms with van der Waals surface area (Å²) in [6.45, 7) is 0.844. The minimum atomic E-state index is -0.962. The number of nitrogens with two attached hydrogens (primary N) is 1. The number of nitrogens with zero attached hydrogens (tertiary/aromatic N) is 2. The first-order valence-corrected chi connectivity index (χ1v) is 11.4. The van der Waals surface area contributed by atoms with Gasteiger partial charge in [0.25, 0.3) is 5.91 Å². The van der Waals surface area contributed by atoms with Crippen LogP contribution in [0.15, 0.2) is 23.2 Å². The fourth-order valence-corrected chi connectivity index (χ4v) is 5.75. The molecule has 1 aliphatic heterocycles. The Kier molecular flexibility index (Phi) is 5.07. The molecule has 0 bridgehead atoms. The number of hydrogen-bond acceptors (Lipinski definition) is 5. The Morgan fingerprint density at radius 2 is 2.00 bits per heavy atom. The molecule has 2 saturated carbocycles. The van der Waals surface area contributed by atoms with Gasteiger partial charge in [0.1, 0.15) is 0 Å². The Balaban J connectivity index is 1.59. The van der Waals surface area contributed by atoms with Crippen molar-refractivity contribution < 1.29 is 14.3 Å². The fourth-order valence-electron chi connectivity index (χ4n) is 5.75. The Bertz CT molecular complexity index is 979. The van der Waals surface area contributed by atoms with E-state index in [1.54, 1.807) is 19.1 Å². The van der Waals surface area contributed by atoms with Crippen LogP contribution in [0.5, 0.6) is 0 Å². The van der Waals surface area contributed by atoms with E-state index < -0.39 is 5.54 Å². The molecule has 1 atom stereocenters. The number of carbonyl (C=O) groups excluding carboxylic acids is 1. The highest BCUT2D eigenvalue weighted by atomic mass is 16.5. The van der Waals surface area contributed by atoms with Gasteiger partial charge in [-0.1, -0.05) is 17.9 Å². The minimum Gasteiger partial charge on any atom is -0.383 e. The number of amides is 1. The average Bonchev–Trinajstić information content (AvgIpc) is 3.53. The third-order valence-corrected chi connectivity index (χ3v) is 7.65. The standard InChI is InChI=1S/C25H31N3O3/c1-30-14-13-28-22(29)25(27-23(28)26)21-15-18(6-5-17-3-4-17)7-8-19(21)16-24(25)11-9-20(31-2)10-12-24/h7-8,15,17,20H,3-4,9-14,16H2,1-2H3,(H2,26,27)/t20-,24+,25-/m0/s1. The molecule has 1 aromatic carbocycles. The molecule has 4 aliphatic rings. The van der Waals surface area contributed by atoms with E-state index in [1.165, 1.54) is 18.4 Å². The van der Waals surface area contributed by atoms with Crippen LogP contribution in [0.2, 0.25) is 0 Å². The lowest BCUT2D eigenvalue weighted by molar-refractivity contribution is -0.138. The van der Waals surface area contributed by atoms with Crippen molar-refractivity contribution in [3.63, 3.8) is 0 Å². The summed E-state index contributed by atoms with van der Waals surface area (Å²) >= 11 is 0. The molecule has 0 saturated heterocycles. The Morgan fingerprint density at radius 3 is 2.68 bits per heavy atom. The minimum absolute atomic E-state index is 0.0102. The largest absolute Gasteiger partial charge is 0.383 e. The molecule has 0 radical (unpaired) electrons. The van der Waals surface area contributed by atoms with Gasteiger partial charge in [0.15, 0.2) is 11.5 Å². The van der Waals surface area contributed by atoms with Gasteiger partial charge in [-0.25, -0.2) is 4.99 Å². The molecule has 164 valence electrons. The molecule has 1 aromatic rings. The number of guanidine groups is 1. The van der Waals surface area contributed by atoms with Crippen LogP contribution in [0.25, 0.3) is 0 Å². The summed E-state index contributed by atoms with van der Waals surface area (Å²) in [5.74, 6) is 7.50. The van der Waals surface area contributed by atoms with Gasteiger partial charge < -0.3 is 15.2 Å². The molecule has 3 aliphatic carbocycles. The summed E-state index contributed by atoms with van der Waals surface area (Å²) in [5.41, 5.74) is 8.29. The highest BCUT2D eigenvalue weighted by Gasteiger charge is 2.66. The van der Waals surface area contributed by atoms with Gasteiger partial charge in [-0.2, -0.15) is 0 Å². The maximum Gasteiger partial charge on any atom is 0.262 e. The van der Waals surface area contributed by atoms with Gasteiger partial charge >= 0.3 is 0 Å². The number of hydrogen-bond donors (Lipinski definition) is 1. The van der Waals surface area contributed by atoms with Gasteiger partial charge in [-0.3, -0.25) is 9.69 Å². The third kappa shape index (κ3) is 3.18. The van der Waals surface area contributed by atoms with E-state index in [2.05, 4.69) is 30.0 Å². The van der Waals surface area contributed by atoms with E-state index in [9.17, 15) is 4.79 Å². The molecule has 1 heterocycles. The van der Waals surface area contributed by atoms with E-state index in [1.807, 2.05) is 0 Å². The normalized spacial score (nSPS) is 31.7. The zero-order valence-corrected chi connectivity index (χ0v) is 18.4. The second-order valence-electron chi connectivity index (χ2n) is 9.44. The van der Waals surface area contributed by atoms with Crippen molar-refractivity contribution in [2.24, 2.45) is 22.1 Å². The maximum absolute atomic E-state index is 14.0. The van der Waals surface area contributed by atoms with Crippen molar-refractivity contribution in [3.05, 3.63) is 34.9 Å². The molecule has 2 N–H and O–H groups in total. The van der Waals surface area contributed by atoms with Crippen molar-refractivity contribution in [3.8, 4) is 11.8 Å². The predicted octanol–water partition coefficient (Wildman–Crippen LogP) is 2.58. The van der Waals surface area contributed by atoms with Gasteiger partial charge in [0, 0.05) is 31.1 Å². The Morgan fingerprint density at radius 1 is 1.23 bits per heavy atom. The second-order valence-corrected chi connectivity index (χ2v) is 9.44. The van der Waals surface area contributed by atoms with Crippen LogP contribution in [0, 0.1) is 23.2 Å². The van der Waals surface area contributed by atoms with Crippen LogP contribution in [-0.4, -0.2) is 50.2 Å². The molecule has 0 aromatic heterocycles. The summed E-state index contributed by atoms with van der Waals surface area (Å²) in [4.78, 5) is 20.6. The van der Waals surface area contributed by atoms with Gasteiger partial charge in [-0.05, 0) is 68.2 Å². The summed E-state index contributed by atoms with van der Waals surface area (Å²) in [6, 6.07) is 6.36. The van der Waals surface area contributed by atoms with E-state index in [0.717, 1.165) is 43.2 Å². The molecule has 5 rings (SSSR count). The lowest BCUT2D eigenvalue weighted by Gasteiger charge is -2.45. The van der Waals surface area contributed by atoms with Crippen LogP contribution in [0.1, 0.15) is 55.2 Å². The number of benzene rings is 1. The zero-order chi connectivity index (χ0) is 21.6. The first kappa shape index (κ1) is 20.5. The highest BCUT2D eigenvalue weighted by molar-refractivity contribution is 6.08. The number of fused-ring (bicyclic) bond motifs is 3. The van der Waals surface area contributed by atoms with E-state index in [4.69, 9.17) is 20.2 Å². The fraction of sp³-hybridized carbons (Fsp3) is 0.600. The highest BCUT2D eigenvalue weighted by Crippen LogP contribution is 2.61. The van der Waals surface area contributed by atoms with E-state index >= 15 is 0 Å². The first-order chi connectivity index (χ1) is 15.0. The van der Waals surface area contributed by atoms with Gasteiger partial charge in [0.2, 0.25) is 0 Å². The van der Waals surface area contributed by atoms with E-state index in [-0.39, 0.29) is 17.4 Å². The number of methoxy groups -OCH3 is 2. The maximum atomic E-state index is 14.0. The van der Waals surface area contributed by atoms with E-state index in [0.29, 0.717) is 25.0 Å². The lowest BCUT2D eigenvalue weighted by atomic mass is 9.61. The monoisotopic (exact) mass is 421 g/mol. The van der Waals surface area contributed by atoms with Crippen molar-refractivity contribution >= 4 is 11.9 Å². The molecule has 2 spiro atoms. The summed E-state index contributed by atoms with van der Waals surface area (Å²) in [7, 11) is 3.41. The molecule has 2 fully saturated rings. The Hall–Kier alpha value is -2.36. The molecular formula is C25H31N3O3. The van der Waals surface area contributed by atoms with Gasteiger partial charge in [0.05, 0.1) is 19.3 Å². The van der Waals surface area contributed by atoms with Crippen LogP contribution in [0.3, 0.4) is 0 Å². The van der Waals surface area contributed by atoms with Crippen LogP contribution in [-0.2, 0) is 26.2 Å². The summed E-state index contributed by atoms with van der Waals surface area (Å²) in [6.07, 6.45) is 7.12. The Labute approximate surface area is 184 Å². The van der Waals surface area contributed by atoms with Crippen LogP contribution >= 0.6 is 0 Å². The number of ether oxygens (including phenoxy) is 2. The number of rotatable bonds is 4. The van der Waals surface area contributed by atoms with Crippen LogP contribution in [0.4, 0.5) is 0 Å². The van der Waals surface area contributed by atoms with Gasteiger partial charge in [-0.15, -0.1) is 0 Å². The zero-order valence-electron chi connectivity index (χ0n) is 18.4. The number of carbonyl (C=O) groups is 1. The number of aliphatic imine (C=N–C) groups is 1. The smallest absolute Gasteiger partial charge is 0.262 e. The summed E-state index contributed by atoms with van der Waals surface area (Å²) < 4.78 is 10.9. The van der Waals surface area contributed by atoms with Crippen molar-refractivity contribution in [1.29, 1.82) is 0 Å². The quantitative estimate of drug-likeness (QED) is 0.758. The topological polar surface area (TPSA) is 77.2 Å². The third-order valence-electron chi connectivity index (χ3n) is 7.65. The SMILES string of the molecule is COCCN1C(=O)[C@@]2(N=C1N)c1cc(C#CC3CC3)ccc1C[C@]21CC[C@H](OC)CC1. The lowest BCUT2D eigenvalue weighted by Crippen LogP contribution is -2.52. The molecule has 31 heavy (non-hydrogen) atoms. The van der Waals surface area contributed by atoms with Crippen molar-refractivity contribution in [2.45, 2.75) is 56.6 Å².